The zero-order chi connectivity index (χ0) is 23.0. The Labute approximate surface area is 186 Å². The molecule has 0 saturated carbocycles. The van der Waals surface area contributed by atoms with Crippen LogP contribution in [0.3, 0.4) is 0 Å². The summed E-state index contributed by atoms with van der Waals surface area (Å²) in [4.78, 5) is 40.2. The van der Waals surface area contributed by atoms with E-state index in [9.17, 15) is 9.59 Å². The normalized spacial score (nSPS) is 15.6. The molecule has 2 aromatic heterocycles. The second kappa shape index (κ2) is 8.18. The van der Waals surface area contributed by atoms with E-state index in [-0.39, 0.29) is 29.2 Å². The minimum absolute atomic E-state index is 0.0235. The summed E-state index contributed by atoms with van der Waals surface area (Å²) in [7, 11) is 0. The van der Waals surface area contributed by atoms with E-state index in [1.807, 2.05) is 25.1 Å². The van der Waals surface area contributed by atoms with Gasteiger partial charge in [0.15, 0.2) is 5.65 Å². The minimum Gasteiger partial charge on any atom is -0.437 e. The Morgan fingerprint density at radius 3 is 2.75 bits per heavy atom. The van der Waals surface area contributed by atoms with Gasteiger partial charge in [-0.15, -0.1) is 0 Å². The van der Waals surface area contributed by atoms with Gasteiger partial charge in [-0.1, -0.05) is 26.8 Å². The number of fused-ring (bicyclic) bond motifs is 2. The van der Waals surface area contributed by atoms with Gasteiger partial charge in [-0.05, 0) is 42.9 Å². The molecule has 0 aliphatic heterocycles. The van der Waals surface area contributed by atoms with Gasteiger partial charge in [-0.2, -0.15) is 0 Å². The van der Waals surface area contributed by atoms with Gasteiger partial charge in [0.2, 0.25) is 11.8 Å². The molecule has 0 saturated heterocycles. The highest BCUT2D eigenvalue weighted by Crippen LogP contribution is 2.30. The van der Waals surface area contributed by atoms with Crippen molar-refractivity contribution in [2.24, 2.45) is 10.4 Å². The number of hydrogen-bond donors (Lipinski definition) is 2. The molecule has 8 heteroatoms. The summed E-state index contributed by atoms with van der Waals surface area (Å²) in [6.07, 6.45) is 4.70. The van der Waals surface area contributed by atoms with Crippen molar-refractivity contribution in [3.05, 3.63) is 47.3 Å². The highest BCUT2D eigenvalue weighted by atomic mass is 16.5. The van der Waals surface area contributed by atoms with Crippen LogP contribution in [-0.2, 0) is 11.2 Å². The van der Waals surface area contributed by atoms with Crippen LogP contribution < -0.4 is 10.1 Å². The van der Waals surface area contributed by atoms with Crippen LogP contribution in [0.25, 0.3) is 11.2 Å². The van der Waals surface area contributed by atoms with Gasteiger partial charge in [0, 0.05) is 24.7 Å². The lowest BCUT2D eigenvalue weighted by Gasteiger charge is -2.27. The number of benzene rings is 1. The van der Waals surface area contributed by atoms with Crippen molar-refractivity contribution in [3.8, 4) is 11.6 Å². The number of H-pyrrole nitrogens is 1. The van der Waals surface area contributed by atoms with Crippen LogP contribution in [0.4, 0.5) is 0 Å². The molecule has 8 nitrogen and oxygen atoms in total. The van der Waals surface area contributed by atoms with E-state index in [2.05, 4.69) is 46.0 Å². The first-order valence-electron chi connectivity index (χ1n) is 10.7. The number of amides is 2. The maximum atomic E-state index is 12.8. The third kappa shape index (κ3) is 4.39. The molecule has 3 aromatic rings. The molecule has 0 radical (unpaired) electrons. The zero-order valence-corrected chi connectivity index (χ0v) is 18.9. The van der Waals surface area contributed by atoms with Crippen LogP contribution >= 0.6 is 0 Å². The fourth-order valence-electron chi connectivity index (χ4n) is 3.51. The third-order valence-corrected chi connectivity index (χ3v) is 5.79. The summed E-state index contributed by atoms with van der Waals surface area (Å²) in [6.45, 7) is 9.64. The maximum absolute atomic E-state index is 12.8. The van der Waals surface area contributed by atoms with Crippen molar-refractivity contribution in [3.63, 3.8) is 0 Å². The summed E-state index contributed by atoms with van der Waals surface area (Å²) < 4.78 is 5.95. The lowest BCUT2D eigenvalue weighted by atomic mass is 9.88. The first kappa shape index (κ1) is 21.7. The Bertz CT molecular complexity index is 1240. The number of hydrogen-bond acceptors (Lipinski definition) is 5. The van der Waals surface area contributed by atoms with Crippen LogP contribution in [0.1, 0.15) is 62.5 Å². The van der Waals surface area contributed by atoms with Gasteiger partial charge in [-0.25, -0.2) is 15.0 Å². The molecule has 166 valence electrons. The number of nitrogens with zero attached hydrogens (tertiary/aromatic N) is 3. The van der Waals surface area contributed by atoms with E-state index < -0.39 is 0 Å². The topological polar surface area (TPSA) is 109 Å². The number of rotatable bonds is 4. The molecule has 1 atom stereocenters. The van der Waals surface area contributed by atoms with Crippen molar-refractivity contribution in [2.75, 3.05) is 0 Å². The summed E-state index contributed by atoms with van der Waals surface area (Å²) in [5.74, 6) is 0.416. The van der Waals surface area contributed by atoms with Crippen molar-refractivity contribution in [1.29, 1.82) is 0 Å². The molecule has 2 N–H and O–H groups in total. The SMILES string of the molecule is CC(=O)N=C1CCc2ccc(Oc3cnc4[nH]cc(C(=O)N[C@@H](C)C(C)(C)C)c4n3)cc21. The molecular weight excluding hydrogens is 406 g/mol. The molecule has 32 heavy (non-hydrogen) atoms. The Kier molecular flexibility index (Phi) is 5.54. The monoisotopic (exact) mass is 433 g/mol. The molecule has 2 amide bonds. The molecule has 2 heterocycles. The highest BCUT2D eigenvalue weighted by Gasteiger charge is 2.24. The van der Waals surface area contributed by atoms with Gasteiger partial charge >= 0.3 is 0 Å². The van der Waals surface area contributed by atoms with Crippen molar-refractivity contribution in [2.45, 2.75) is 53.5 Å². The van der Waals surface area contributed by atoms with E-state index in [1.165, 1.54) is 13.1 Å². The largest absolute Gasteiger partial charge is 0.437 e. The number of carbonyl (C=O) groups is 2. The predicted octanol–water partition coefficient (Wildman–Crippen LogP) is 4.20. The first-order chi connectivity index (χ1) is 15.1. The van der Waals surface area contributed by atoms with Crippen molar-refractivity contribution >= 4 is 28.7 Å². The maximum Gasteiger partial charge on any atom is 0.255 e. The van der Waals surface area contributed by atoms with E-state index in [0.29, 0.717) is 22.5 Å². The number of aliphatic imine (C=N–C) groups is 1. The van der Waals surface area contributed by atoms with Gasteiger partial charge in [0.05, 0.1) is 17.5 Å². The highest BCUT2D eigenvalue weighted by molar-refractivity contribution is 6.09. The molecule has 0 bridgehead atoms. The number of carbonyl (C=O) groups excluding carboxylic acids is 2. The van der Waals surface area contributed by atoms with Crippen molar-refractivity contribution < 1.29 is 14.3 Å². The molecule has 0 fully saturated rings. The first-order valence-corrected chi connectivity index (χ1v) is 10.7. The fraction of sp³-hybridized carbons (Fsp3) is 0.375. The Morgan fingerprint density at radius 2 is 2.03 bits per heavy atom. The van der Waals surface area contributed by atoms with Crippen LogP contribution in [0.5, 0.6) is 11.6 Å². The van der Waals surface area contributed by atoms with Crippen LogP contribution in [0.2, 0.25) is 0 Å². The summed E-state index contributed by atoms with van der Waals surface area (Å²) >= 11 is 0. The van der Waals surface area contributed by atoms with E-state index in [4.69, 9.17) is 4.74 Å². The summed E-state index contributed by atoms with van der Waals surface area (Å²) in [5.41, 5.74) is 4.13. The van der Waals surface area contributed by atoms with E-state index in [1.54, 1.807) is 6.20 Å². The van der Waals surface area contributed by atoms with Gasteiger partial charge < -0.3 is 15.0 Å². The quantitative estimate of drug-likeness (QED) is 0.641. The third-order valence-electron chi connectivity index (χ3n) is 5.79. The number of aryl methyl sites for hydroxylation is 1. The Hall–Kier alpha value is -3.55. The predicted molar refractivity (Wildman–Crippen MR) is 122 cm³/mol. The second-order valence-electron chi connectivity index (χ2n) is 9.17. The smallest absolute Gasteiger partial charge is 0.255 e. The molecule has 1 aromatic carbocycles. The Morgan fingerprint density at radius 1 is 1.25 bits per heavy atom. The average molecular weight is 434 g/mol. The summed E-state index contributed by atoms with van der Waals surface area (Å²) in [5, 5.41) is 3.02. The summed E-state index contributed by atoms with van der Waals surface area (Å²) in [6, 6.07) is 5.68. The molecule has 0 spiro atoms. The second-order valence-corrected chi connectivity index (χ2v) is 9.17. The molecule has 0 unspecified atom stereocenters. The minimum atomic E-state index is -0.215. The van der Waals surface area contributed by atoms with Crippen molar-refractivity contribution in [1.82, 2.24) is 20.3 Å². The number of aromatic amines is 1. The van der Waals surface area contributed by atoms with Crippen LogP contribution in [-0.4, -0.2) is 38.5 Å². The van der Waals surface area contributed by atoms with Gasteiger partial charge in [0.1, 0.15) is 11.3 Å². The Balaban J connectivity index is 1.60. The van der Waals surface area contributed by atoms with Gasteiger partial charge in [0.25, 0.3) is 5.91 Å². The fourth-order valence-corrected chi connectivity index (χ4v) is 3.51. The number of nitrogens with one attached hydrogen (secondary N) is 2. The molecule has 1 aliphatic rings. The lowest BCUT2D eigenvalue weighted by Crippen LogP contribution is -2.41. The molecule has 4 rings (SSSR count). The number of ether oxygens (including phenoxy) is 1. The molecular formula is C24H27N5O3. The van der Waals surface area contributed by atoms with E-state index >= 15 is 0 Å². The van der Waals surface area contributed by atoms with Crippen LogP contribution in [0, 0.1) is 5.41 Å². The lowest BCUT2D eigenvalue weighted by molar-refractivity contribution is -0.115. The van der Waals surface area contributed by atoms with Crippen LogP contribution in [0.15, 0.2) is 35.6 Å². The zero-order valence-electron chi connectivity index (χ0n) is 18.9. The standard InChI is InChI=1S/C24H27N5O3/c1-13(24(3,4)5)27-23(31)18-11-25-22-21(18)29-20(12-26-22)32-16-8-6-15-7-9-19(17(15)10-16)28-14(2)30/h6,8,10-13H,7,9H2,1-5H3,(H,25,26)(H,27,31)/t13-/m0/s1. The molecule has 1 aliphatic carbocycles. The van der Waals surface area contributed by atoms with E-state index in [0.717, 1.165) is 29.7 Å². The average Bonchev–Trinajstić information content (AvgIpc) is 3.31. The van der Waals surface area contributed by atoms with Gasteiger partial charge in [-0.3, -0.25) is 9.59 Å². The number of aromatic nitrogens is 3.